The molecule has 88 valence electrons. The number of aromatic nitrogens is 1. The summed E-state index contributed by atoms with van der Waals surface area (Å²) in [7, 11) is 0. The highest BCUT2D eigenvalue weighted by atomic mass is 19.2. The van der Waals surface area contributed by atoms with Crippen LogP contribution in [0.15, 0.2) is 36.7 Å². The van der Waals surface area contributed by atoms with Crippen molar-refractivity contribution in [3.05, 3.63) is 59.4 Å². The zero-order valence-corrected chi connectivity index (χ0v) is 9.28. The van der Waals surface area contributed by atoms with E-state index >= 15 is 0 Å². The van der Waals surface area contributed by atoms with Crippen LogP contribution in [-0.4, -0.2) is 10.4 Å². The fourth-order valence-corrected chi connectivity index (χ4v) is 1.60. The normalized spacial score (nSPS) is 10.5. The molecule has 0 atom stereocenters. The molecule has 0 spiro atoms. The topological polar surface area (TPSA) is 22.0 Å². The van der Waals surface area contributed by atoms with E-state index in [9.17, 15) is 13.6 Å². The van der Waals surface area contributed by atoms with Crippen molar-refractivity contribution in [2.24, 2.45) is 0 Å². The standard InChI is InChI=1S/C13H11F2NO/c1-9(17)11-4-5-16(8-11)7-10-2-3-12(14)13(15)6-10/h2-6,8H,7H2,1H3. The maximum absolute atomic E-state index is 13.0. The Morgan fingerprint density at radius 3 is 2.59 bits per heavy atom. The third kappa shape index (κ3) is 2.58. The van der Waals surface area contributed by atoms with E-state index in [2.05, 4.69) is 0 Å². The van der Waals surface area contributed by atoms with Gasteiger partial charge in [-0.15, -0.1) is 0 Å². The van der Waals surface area contributed by atoms with Gasteiger partial charge in [0.15, 0.2) is 17.4 Å². The highest BCUT2D eigenvalue weighted by molar-refractivity contribution is 5.93. The predicted molar refractivity (Wildman–Crippen MR) is 59.9 cm³/mol. The molecule has 0 N–H and O–H groups in total. The maximum atomic E-state index is 13.0. The van der Waals surface area contributed by atoms with Crippen LogP contribution in [-0.2, 0) is 6.54 Å². The molecule has 1 heterocycles. The predicted octanol–water partition coefficient (Wildman–Crippen LogP) is 3.02. The van der Waals surface area contributed by atoms with Crippen molar-refractivity contribution in [1.29, 1.82) is 0 Å². The molecule has 17 heavy (non-hydrogen) atoms. The van der Waals surface area contributed by atoms with Crippen LogP contribution in [0.1, 0.15) is 22.8 Å². The lowest BCUT2D eigenvalue weighted by Gasteiger charge is -2.03. The molecule has 1 aromatic heterocycles. The van der Waals surface area contributed by atoms with Crippen molar-refractivity contribution in [3.63, 3.8) is 0 Å². The van der Waals surface area contributed by atoms with Gasteiger partial charge >= 0.3 is 0 Å². The fourth-order valence-electron chi connectivity index (χ4n) is 1.60. The Hall–Kier alpha value is -1.97. The SMILES string of the molecule is CC(=O)c1ccn(Cc2ccc(F)c(F)c2)c1. The first-order chi connectivity index (χ1) is 8.06. The molecule has 2 rings (SSSR count). The van der Waals surface area contributed by atoms with Gasteiger partial charge in [-0.25, -0.2) is 8.78 Å². The molecular formula is C13H11F2NO. The van der Waals surface area contributed by atoms with Crippen LogP contribution in [0.5, 0.6) is 0 Å². The molecule has 0 radical (unpaired) electrons. The van der Waals surface area contributed by atoms with E-state index in [1.54, 1.807) is 23.0 Å². The van der Waals surface area contributed by atoms with Crippen molar-refractivity contribution in [1.82, 2.24) is 4.57 Å². The number of rotatable bonds is 3. The fraction of sp³-hybridized carbons (Fsp3) is 0.154. The van der Waals surface area contributed by atoms with Gasteiger partial charge in [0, 0.05) is 24.5 Å². The van der Waals surface area contributed by atoms with Gasteiger partial charge in [-0.05, 0) is 30.7 Å². The van der Waals surface area contributed by atoms with Crippen molar-refractivity contribution in [2.45, 2.75) is 13.5 Å². The highest BCUT2D eigenvalue weighted by Gasteiger charge is 2.05. The lowest BCUT2D eigenvalue weighted by Crippen LogP contribution is -1.98. The zero-order valence-electron chi connectivity index (χ0n) is 9.28. The molecule has 0 saturated heterocycles. The number of carbonyl (C=O) groups is 1. The van der Waals surface area contributed by atoms with E-state index in [0.29, 0.717) is 17.7 Å². The van der Waals surface area contributed by atoms with Gasteiger partial charge in [0.2, 0.25) is 0 Å². The molecule has 2 nitrogen and oxygen atoms in total. The quantitative estimate of drug-likeness (QED) is 0.749. The van der Waals surface area contributed by atoms with Gasteiger partial charge in [0.25, 0.3) is 0 Å². The van der Waals surface area contributed by atoms with Crippen LogP contribution in [0.3, 0.4) is 0 Å². The summed E-state index contributed by atoms with van der Waals surface area (Å²) in [5.41, 5.74) is 1.25. The van der Waals surface area contributed by atoms with Gasteiger partial charge in [-0.1, -0.05) is 6.07 Å². The second-order valence-corrected chi connectivity index (χ2v) is 3.88. The Morgan fingerprint density at radius 1 is 1.24 bits per heavy atom. The Bertz CT molecular complexity index is 560. The Morgan fingerprint density at radius 2 is 2.00 bits per heavy atom. The Kier molecular flexibility index (Phi) is 3.04. The molecule has 4 heteroatoms. The molecule has 0 saturated carbocycles. The number of benzene rings is 1. The summed E-state index contributed by atoms with van der Waals surface area (Å²) in [6, 6.07) is 5.47. The first-order valence-electron chi connectivity index (χ1n) is 5.17. The summed E-state index contributed by atoms with van der Waals surface area (Å²) < 4.78 is 27.5. The zero-order chi connectivity index (χ0) is 12.4. The first-order valence-corrected chi connectivity index (χ1v) is 5.17. The van der Waals surface area contributed by atoms with Gasteiger partial charge < -0.3 is 4.57 Å². The minimum atomic E-state index is -0.860. The lowest BCUT2D eigenvalue weighted by molar-refractivity contribution is 0.101. The molecule has 1 aromatic carbocycles. The molecule has 0 bridgehead atoms. The summed E-state index contributed by atoms with van der Waals surface area (Å²) in [6.45, 7) is 1.89. The number of hydrogen-bond acceptors (Lipinski definition) is 1. The first kappa shape index (κ1) is 11.5. The number of ketones is 1. The average Bonchev–Trinajstić information content (AvgIpc) is 2.72. The van der Waals surface area contributed by atoms with E-state index < -0.39 is 11.6 Å². The molecule has 0 aliphatic rings. The number of Topliss-reactive ketones (excluding diaryl/α,β-unsaturated/α-hetero) is 1. The average molecular weight is 235 g/mol. The van der Waals surface area contributed by atoms with Gasteiger partial charge in [-0.2, -0.15) is 0 Å². The third-order valence-electron chi connectivity index (χ3n) is 2.51. The number of nitrogens with zero attached hydrogens (tertiary/aromatic N) is 1. The van der Waals surface area contributed by atoms with E-state index in [1.807, 2.05) is 0 Å². The van der Waals surface area contributed by atoms with Gasteiger partial charge in [0.1, 0.15) is 0 Å². The number of halogens is 2. The molecule has 0 amide bonds. The summed E-state index contributed by atoms with van der Waals surface area (Å²) in [5.74, 6) is -1.74. The molecule has 0 aliphatic heterocycles. The lowest BCUT2D eigenvalue weighted by atomic mass is 10.2. The van der Waals surface area contributed by atoms with Crippen molar-refractivity contribution in [2.75, 3.05) is 0 Å². The van der Waals surface area contributed by atoms with Gasteiger partial charge in [0.05, 0.1) is 0 Å². The monoisotopic (exact) mass is 235 g/mol. The van der Waals surface area contributed by atoms with Crippen LogP contribution in [0, 0.1) is 11.6 Å². The summed E-state index contributed by atoms with van der Waals surface area (Å²) in [6.07, 6.45) is 3.42. The van der Waals surface area contributed by atoms with Crippen LogP contribution < -0.4 is 0 Å². The maximum Gasteiger partial charge on any atom is 0.161 e. The smallest absolute Gasteiger partial charge is 0.161 e. The summed E-state index contributed by atoms with van der Waals surface area (Å²) in [5, 5.41) is 0. The van der Waals surface area contributed by atoms with Crippen molar-refractivity contribution >= 4 is 5.78 Å². The van der Waals surface area contributed by atoms with Crippen LogP contribution >= 0.6 is 0 Å². The number of hydrogen-bond donors (Lipinski definition) is 0. The molecule has 0 aliphatic carbocycles. The Labute approximate surface area is 97.5 Å². The third-order valence-corrected chi connectivity index (χ3v) is 2.51. The van der Waals surface area contributed by atoms with Crippen LogP contribution in [0.4, 0.5) is 8.78 Å². The number of carbonyl (C=O) groups excluding carboxylic acids is 1. The second kappa shape index (κ2) is 4.49. The molecule has 2 aromatic rings. The Balaban J connectivity index is 2.19. The largest absolute Gasteiger partial charge is 0.349 e. The minimum Gasteiger partial charge on any atom is -0.349 e. The van der Waals surface area contributed by atoms with E-state index in [0.717, 1.165) is 12.1 Å². The minimum absolute atomic E-state index is 0.0194. The van der Waals surface area contributed by atoms with E-state index in [-0.39, 0.29) is 5.78 Å². The highest BCUT2D eigenvalue weighted by Crippen LogP contribution is 2.11. The summed E-state index contributed by atoms with van der Waals surface area (Å²) >= 11 is 0. The van der Waals surface area contributed by atoms with Crippen molar-refractivity contribution in [3.8, 4) is 0 Å². The van der Waals surface area contributed by atoms with Gasteiger partial charge in [-0.3, -0.25) is 4.79 Å². The second-order valence-electron chi connectivity index (χ2n) is 3.88. The van der Waals surface area contributed by atoms with Crippen LogP contribution in [0.2, 0.25) is 0 Å². The summed E-state index contributed by atoms with van der Waals surface area (Å²) in [4.78, 5) is 11.1. The molecule has 0 unspecified atom stereocenters. The molecule has 0 fully saturated rings. The van der Waals surface area contributed by atoms with Crippen LogP contribution in [0.25, 0.3) is 0 Å². The van der Waals surface area contributed by atoms with E-state index in [1.165, 1.54) is 13.0 Å². The van der Waals surface area contributed by atoms with Crippen molar-refractivity contribution < 1.29 is 13.6 Å². The molecular weight excluding hydrogens is 224 g/mol. The van der Waals surface area contributed by atoms with E-state index in [4.69, 9.17) is 0 Å².